The van der Waals surface area contributed by atoms with E-state index in [1.807, 2.05) is 0 Å². The molecule has 2 fully saturated rings. The smallest absolute Gasteiger partial charge is 0.150 e. The van der Waals surface area contributed by atoms with Crippen molar-refractivity contribution < 1.29 is 13.5 Å². The molecule has 1 aliphatic heterocycles. The van der Waals surface area contributed by atoms with Gasteiger partial charge < -0.3 is 5.11 Å². The summed E-state index contributed by atoms with van der Waals surface area (Å²) in [6.45, 7) is 1.23. The van der Waals surface area contributed by atoms with Gasteiger partial charge >= 0.3 is 0 Å². The number of aliphatic hydroxyl groups excluding tert-OH is 1. The van der Waals surface area contributed by atoms with E-state index in [1.54, 1.807) is 0 Å². The Morgan fingerprint density at radius 1 is 1.24 bits per heavy atom. The number of sulfone groups is 1. The highest BCUT2D eigenvalue weighted by molar-refractivity contribution is 7.91. The summed E-state index contributed by atoms with van der Waals surface area (Å²) in [5.74, 6) is 0. The fourth-order valence-electron chi connectivity index (χ4n) is 3.35. The SMILES string of the molecule is CS(=O)(=O)C1CCCC(N2CCC[C@H]2CO)C1. The van der Waals surface area contributed by atoms with E-state index in [1.165, 1.54) is 6.26 Å². The Kier molecular flexibility index (Phi) is 4.10. The average molecular weight is 261 g/mol. The van der Waals surface area contributed by atoms with E-state index in [0.29, 0.717) is 6.04 Å². The predicted molar refractivity (Wildman–Crippen MR) is 67.7 cm³/mol. The maximum absolute atomic E-state index is 11.6. The van der Waals surface area contributed by atoms with E-state index in [0.717, 1.165) is 45.1 Å². The number of rotatable bonds is 3. The van der Waals surface area contributed by atoms with Gasteiger partial charge in [0.2, 0.25) is 0 Å². The summed E-state index contributed by atoms with van der Waals surface area (Å²) in [6, 6.07) is 0.626. The lowest BCUT2D eigenvalue weighted by Crippen LogP contribution is -2.45. The van der Waals surface area contributed by atoms with Crippen LogP contribution in [-0.4, -0.2) is 55.2 Å². The van der Waals surface area contributed by atoms with Crippen LogP contribution in [0.3, 0.4) is 0 Å². The minimum atomic E-state index is -2.90. The van der Waals surface area contributed by atoms with Crippen molar-refractivity contribution in [2.45, 2.75) is 55.9 Å². The van der Waals surface area contributed by atoms with Crippen LogP contribution in [0.25, 0.3) is 0 Å². The van der Waals surface area contributed by atoms with E-state index in [-0.39, 0.29) is 17.9 Å². The molecule has 4 nitrogen and oxygen atoms in total. The Morgan fingerprint density at radius 2 is 2.00 bits per heavy atom. The molecule has 1 aliphatic carbocycles. The van der Waals surface area contributed by atoms with Gasteiger partial charge in [0.15, 0.2) is 0 Å². The molecule has 2 aliphatic rings. The Morgan fingerprint density at radius 3 is 2.65 bits per heavy atom. The number of aliphatic hydroxyl groups is 1. The molecule has 2 unspecified atom stereocenters. The highest BCUT2D eigenvalue weighted by atomic mass is 32.2. The lowest BCUT2D eigenvalue weighted by Gasteiger charge is -2.37. The Labute approximate surface area is 104 Å². The quantitative estimate of drug-likeness (QED) is 0.816. The molecule has 0 aromatic heterocycles. The molecule has 0 radical (unpaired) electrons. The first-order chi connectivity index (χ1) is 8.02. The first-order valence-electron chi connectivity index (χ1n) is 6.58. The maximum Gasteiger partial charge on any atom is 0.150 e. The third kappa shape index (κ3) is 3.01. The van der Waals surface area contributed by atoms with Crippen molar-refractivity contribution in [2.24, 2.45) is 0 Å². The second-order valence-corrected chi connectivity index (χ2v) is 7.81. The number of nitrogens with zero attached hydrogens (tertiary/aromatic N) is 1. The molecule has 100 valence electrons. The normalized spacial score (nSPS) is 36.2. The topological polar surface area (TPSA) is 57.6 Å². The van der Waals surface area contributed by atoms with Crippen LogP contribution in [0.5, 0.6) is 0 Å². The second kappa shape index (κ2) is 5.24. The van der Waals surface area contributed by atoms with Gasteiger partial charge in [-0.1, -0.05) is 6.42 Å². The molecule has 0 bridgehead atoms. The molecule has 2 rings (SSSR count). The van der Waals surface area contributed by atoms with Crippen LogP contribution < -0.4 is 0 Å². The van der Waals surface area contributed by atoms with Crippen molar-refractivity contribution in [1.82, 2.24) is 4.90 Å². The lowest BCUT2D eigenvalue weighted by molar-refractivity contribution is 0.0988. The zero-order chi connectivity index (χ0) is 12.5. The standard InChI is InChI=1S/C12H23NO3S/c1-17(15,16)12-6-2-4-10(8-12)13-7-3-5-11(13)9-14/h10-12,14H,2-9H2,1H3/t10?,11-,12?/m0/s1. The van der Waals surface area contributed by atoms with Gasteiger partial charge in [-0.25, -0.2) is 8.42 Å². The molecule has 17 heavy (non-hydrogen) atoms. The Balaban J connectivity index is 2.02. The van der Waals surface area contributed by atoms with Crippen LogP contribution in [0.4, 0.5) is 0 Å². The zero-order valence-corrected chi connectivity index (χ0v) is 11.3. The van der Waals surface area contributed by atoms with Crippen molar-refractivity contribution in [3.63, 3.8) is 0 Å². The third-order valence-electron chi connectivity index (χ3n) is 4.31. The lowest BCUT2D eigenvalue weighted by atomic mass is 9.93. The van der Waals surface area contributed by atoms with Gasteiger partial charge in [-0.3, -0.25) is 4.90 Å². The summed E-state index contributed by atoms with van der Waals surface area (Å²) < 4.78 is 23.3. The molecule has 0 aromatic carbocycles. The van der Waals surface area contributed by atoms with Crippen molar-refractivity contribution in [1.29, 1.82) is 0 Å². The predicted octanol–water partition coefficient (Wildman–Crippen LogP) is 0.799. The molecule has 1 heterocycles. The highest BCUT2D eigenvalue weighted by Gasteiger charge is 2.36. The second-order valence-electron chi connectivity index (χ2n) is 5.49. The van der Waals surface area contributed by atoms with Gasteiger partial charge in [-0.15, -0.1) is 0 Å². The molecule has 1 saturated heterocycles. The Bertz CT molecular complexity index is 355. The summed E-state index contributed by atoms with van der Waals surface area (Å²) >= 11 is 0. The molecular weight excluding hydrogens is 238 g/mol. The van der Waals surface area contributed by atoms with Crippen LogP contribution in [0.1, 0.15) is 38.5 Å². The first-order valence-corrected chi connectivity index (χ1v) is 8.53. The molecule has 3 atom stereocenters. The van der Waals surface area contributed by atoms with E-state index >= 15 is 0 Å². The summed E-state index contributed by atoms with van der Waals surface area (Å²) in [7, 11) is -2.90. The maximum atomic E-state index is 11.6. The van der Waals surface area contributed by atoms with Gasteiger partial charge in [0.25, 0.3) is 0 Å². The third-order valence-corrected chi connectivity index (χ3v) is 5.95. The van der Waals surface area contributed by atoms with Crippen molar-refractivity contribution in [3.05, 3.63) is 0 Å². The van der Waals surface area contributed by atoms with Gasteiger partial charge in [-0.05, 0) is 38.6 Å². The minimum Gasteiger partial charge on any atom is -0.395 e. The number of hydrogen-bond donors (Lipinski definition) is 1. The molecule has 1 N–H and O–H groups in total. The van der Waals surface area contributed by atoms with E-state index in [2.05, 4.69) is 4.90 Å². The van der Waals surface area contributed by atoms with Crippen molar-refractivity contribution in [3.8, 4) is 0 Å². The average Bonchev–Trinajstić information content (AvgIpc) is 2.76. The zero-order valence-electron chi connectivity index (χ0n) is 10.5. The summed E-state index contributed by atoms with van der Waals surface area (Å²) in [6.07, 6.45) is 7.19. The summed E-state index contributed by atoms with van der Waals surface area (Å²) in [5, 5.41) is 9.17. The van der Waals surface area contributed by atoms with E-state index in [9.17, 15) is 13.5 Å². The summed E-state index contributed by atoms with van der Waals surface area (Å²) in [4.78, 5) is 2.34. The molecule has 1 saturated carbocycles. The molecule has 0 amide bonds. The first kappa shape index (κ1) is 13.3. The van der Waals surface area contributed by atoms with Crippen molar-refractivity contribution >= 4 is 9.84 Å². The molecule has 0 spiro atoms. The highest BCUT2D eigenvalue weighted by Crippen LogP contribution is 2.31. The van der Waals surface area contributed by atoms with Crippen LogP contribution in [0.15, 0.2) is 0 Å². The minimum absolute atomic E-state index is 0.166. The molecule has 5 heteroatoms. The number of likely N-dealkylation sites (tertiary alicyclic amines) is 1. The van der Waals surface area contributed by atoms with Crippen LogP contribution in [0, 0.1) is 0 Å². The fraction of sp³-hybridized carbons (Fsp3) is 1.00. The fourth-order valence-corrected chi connectivity index (χ4v) is 4.51. The molecule has 0 aromatic rings. The Hall–Kier alpha value is -0.130. The van der Waals surface area contributed by atoms with Gasteiger partial charge in [0.05, 0.1) is 11.9 Å². The van der Waals surface area contributed by atoms with Crippen LogP contribution in [-0.2, 0) is 9.84 Å². The van der Waals surface area contributed by atoms with Crippen LogP contribution in [0.2, 0.25) is 0 Å². The summed E-state index contributed by atoms with van der Waals surface area (Å²) in [5.41, 5.74) is 0. The van der Waals surface area contributed by atoms with Gasteiger partial charge in [-0.2, -0.15) is 0 Å². The number of hydrogen-bond acceptors (Lipinski definition) is 4. The largest absolute Gasteiger partial charge is 0.395 e. The van der Waals surface area contributed by atoms with Gasteiger partial charge in [0.1, 0.15) is 9.84 Å². The van der Waals surface area contributed by atoms with Gasteiger partial charge in [0, 0.05) is 18.3 Å². The van der Waals surface area contributed by atoms with Crippen LogP contribution >= 0.6 is 0 Å². The molecular formula is C12H23NO3S. The monoisotopic (exact) mass is 261 g/mol. The van der Waals surface area contributed by atoms with E-state index < -0.39 is 9.84 Å². The van der Waals surface area contributed by atoms with Crippen molar-refractivity contribution in [2.75, 3.05) is 19.4 Å². The van der Waals surface area contributed by atoms with E-state index in [4.69, 9.17) is 0 Å².